The number of hydrogen-bond donors (Lipinski definition) is 0. The summed E-state index contributed by atoms with van der Waals surface area (Å²) in [6.07, 6.45) is 2.07. The van der Waals surface area contributed by atoms with Crippen molar-refractivity contribution in [2.24, 2.45) is 0 Å². The molecule has 2 saturated heterocycles. The minimum Gasteiger partial charge on any atom is -0.356 e. The summed E-state index contributed by atoms with van der Waals surface area (Å²) < 4.78 is 8.82. The maximum Gasteiger partial charge on any atom is 0.186 e. The smallest absolute Gasteiger partial charge is 0.186 e. The number of hydrogen-bond acceptors (Lipinski definition) is 8. The Balaban J connectivity index is 1.23. The summed E-state index contributed by atoms with van der Waals surface area (Å²) in [5.41, 5.74) is 1.09. The first kappa shape index (κ1) is 16.1. The maximum absolute atomic E-state index is 5.72. The molecular weight excluding hydrogens is 350 g/mol. The molecule has 5 rings (SSSR count). The Morgan fingerprint density at radius 3 is 2.85 bits per heavy atom. The van der Waals surface area contributed by atoms with Crippen molar-refractivity contribution < 1.29 is 4.74 Å². The normalized spacial score (nSPS) is 21.7. The van der Waals surface area contributed by atoms with E-state index in [4.69, 9.17) is 9.72 Å². The number of anilines is 1. The molecule has 2 aliphatic heterocycles. The first-order valence-electron chi connectivity index (χ1n) is 9.08. The van der Waals surface area contributed by atoms with Crippen LogP contribution in [-0.4, -0.2) is 62.9 Å². The van der Waals surface area contributed by atoms with Crippen LogP contribution >= 0.6 is 11.3 Å². The summed E-state index contributed by atoms with van der Waals surface area (Å²) in [6, 6.07) is 8.33. The Morgan fingerprint density at radius 1 is 1.15 bits per heavy atom. The van der Waals surface area contributed by atoms with Gasteiger partial charge in [0.05, 0.1) is 16.8 Å². The summed E-state index contributed by atoms with van der Waals surface area (Å²) in [4.78, 5) is 9.56. The van der Waals surface area contributed by atoms with Gasteiger partial charge in [0.1, 0.15) is 0 Å². The molecule has 1 aromatic carbocycles. The first-order valence-corrected chi connectivity index (χ1v) is 9.90. The Hall–Kier alpha value is -2.10. The number of tetrazole rings is 1. The third-order valence-corrected chi connectivity index (χ3v) is 6.13. The SMILES string of the molecule is c1ccc2sc(N3CCN(Cc4nnnn4C4CCCO4)CC3)nc2c1. The number of rotatable bonds is 4. The van der Waals surface area contributed by atoms with Crippen molar-refractivity contribution in [3.05, 3.63) is 30.1 Å². The zero-order valence-corrected chi connectivity index (χ0v) is 15.3. The highest BCUT2D eigenvalue weighted by molar-refractivity contribution is 7.22. The molecule has 0 radical (unpaired) electrons. The molecule has 0 bridgehead atoms. The van der Waals surface area contributed by atoms with Gasteiger partial charge in [0.25, 0.3) is 0 Å². The summed E-state index contributed by atoms with van der Waals surface area (Å²) in [7, 11) is 0. The fourth-order valence-electron chi connectivity index (χ4n) is 3.59. The van der Waals surface area contributed by atoms with Crippen molar-refractivity contribution in [2.75, 3.05) is 37.7 Å². The van der Waals surface area contributed by atoms with Crippen LogP contribution in [-0.2, 0) is 11.3 Å². The van der Waals surface area contributed by atoms with E-state index in [1.807, 2.05) is 10.7 Å². The highest BCUT2D eigenvalue weighted by atomic mass is 32.1. The topological polar surface area (TPSA) is 72.2 Å². The molecular formula is C17H21N7OS. The van der Waals surface area contributed by atoms with Crippen LogP contribution in [0.3, 0.4) is 0 Å². The van der Waals surface area contributed by atoms with E-state index in [1.54, 1.807) is 11.3 Å². The Bertz CT molecular complexity index is 847. The summed E-state index contributed by atoms with van der Waals surface area (Å²) in [6.45, 7) is 5.47. The number of thiazole rings is 1. The van der Waals surface area contributed by atoms with Gasteiger partial charge in [-0.25, -0.2) is 4.98 Å². The molecule has 136 valence electrons. The van der Waals surface area contributed by atoms with E-state index in [0.29, 0.717) is 0 Å². The molecule has 8 nitrogen and oxygen atoms in total. The second kappa shape index (κ2) is 6.90. The molecule has 1 atom stereocenters. The van der Waals surface area contributed by atoms with Gasteiger partial charge in [-0.3, -0.25) is 4.90 Å². The van der Waals surface area contributed by atoms with Crippen LogP contribution in [0, 0.1) is 0 Å². The maximum atomic E-state index is 5.72. The molecule has 9 heteroatoms. The van der Waals surface area contributed by atoms with E-state index >= 15 is 0 Å². The van der Waals surface area contributed by atoms with E-state index in [-0.39, 0.29) is 6.23 Å². The average molecular weight is 371 g/mol. The van der Waals surface area contributed by atoms with Gasteiger partial charge in [0.15, 0.2) is 17.2 Å². The minimum atomic E-state index is 0.00374. The van der Waals surface area contributed by atoms with E-state index < -0.39 is 0 Å². The van der Waals surface area contributed by atoms with E-state index in [0.717, 1.165) is 68.6 Å². The monoisotopic (exact) mass is 371 g/mol. The number of para-hydroxylation sites is 1. The molecule has 2 aliphatic rings. The van der Waals surface area contributed by atoms with Gasteiger partial charge in [-0.15, -0.1) is 5.10 Å². The van der Waals surface area contributed by atoms with Gasteiger partial charge in [-0.2, -0.15) is 4.68 Å². The minimum absolute atomic E-state index is 0.00374. The van der Waals surface area contributed by atoms with Crippen molar-refractivity contribution in [1.29, 1.82) is 0 Å². The lowest BCUT2D eigenvalue weighted by Crippen LogP contribution is -2.46. The average Bonchev–Trinajstić information content (AvgIpc) is 3.42. The third kappa shape index (κ3) is 3.06. The fourth-order valence-corrected chi connectivity index (χ4v) is 4.60. The number of nitrogens with zero attached hydrogens (tertiary/aromatic N) is 7. The second-order valence-corrected chi connectivity index (χ2v) is 7.74. The largest absolute Gasteiger partial charge is 0.356 e. The molecule has 0 amide bonds. The summed E-state index contributed by atoms with van der Waals surface area (Å²) >= 11 is 1.77. The number of aromatic nitrogens is 5. The Morgan fingerprint density at radius 2 is 2.04 bits per heavy atom. The first-order chi connectivity index (χ1) is 12.9. The summed E-state index contributed by atoms with van der Waals surface area (Å²) in [5.74, 6) is 0.894. The van der Waals surface area contributed by atoms with Crippen LogP contribution in [0.4, 0.5) is 5.13 Å². The predicted molar refractivity (Wildman–Crippen MR) is 99.2 cm³/mol. The zero-order chi connectivity index (χ0) is 17.3. The van der Waals surface area contributed by atoms with Gasteiger partial charge in [-0.05, 0) is 35.4 Å². The quantitative estimate of drug-likeness (QED) is 0.694. The zero-order valence-electron chi connectivity index (χ0n) is 14.5. The summed E-state index contributed by atoms with van der Waals surface area (Å²) in [5, 5.41) is 13.3. The number of ether oxygens (including phenoxy) is 1. The fraction of sp³-hybridized carbons (Fsp3) is 0.529. The molecule has 2 fully saturated rings. The van der Waals surface area contributed by atoms with E-state index in [1.165, 1.54) is 4.70 Å². The van der Waals surface area contributed by atoms with Crippen LogP contribution in [0.15, 0.2) is 24.3 Å². The number of benzene rings is 1. The van der Waals surface area contributed by atoms with Crippen LogP contribution < -0.4 is 4.90 Å². The highest BCUT2D eigenvalue weighted by Gasteiger charge is 2.25. The van der Waals surface area contributed by atoms with Gasteiger partial charge in [0, 0.05) is 32.8 Å². The molecule has 1 unspecified atom stereocenters. The lowest BCUT2D eigenvalue weighted by atomic mass is 10.3. The van der Waals surface area contributed by atoms with Gasteiger partial charge >= 0.3 is 0 Å². The van der Waals surface area contributed by atoms with Crippen molar-refractivity contribution >= 4 is 26.7 Å². The number of fused-ring (bicyclic) bond motifs is 1. The van der Waals surface area contributed by atoms with Gasteiger partial charge in [-0.1, -0.05) is 23.5 Å². The van der Waals surface area contributed by atoms with Crippen molar-refractivity contribution in [1.82, 2.24) is 30.1 Å². The molecule has 0 spiro atoms. The highest BCUT2D eigenvalue weighted by Crippen LogP contribution is 2.29. The third-order valence-electron chi connectivity index (χ3n) is 5.03. The van der Waals surface area contributed by atoms with Gasteiger partial charge < -0.3 is 9.64 Å². The number of piperazine rings is 1. The Kier molecular flexibility index (Phi) is 4.27. The molecule has 2 aromatic heterocycles. The Labute approximate surface area is 155 Å². The molecule has 0 aliphatic carbocycles. The lowest BCUT2D eigenvalue weighted by molar-refractivity contribution is 0.0406. The van der Waals surface area contributed by atoms with E-state index in [9.17, 15) is 0 Å². The van der Waals surface area contributed by atoms with Crippen LogP contribution in [0.5, 0.6) is 0 Å². The standard InChI is InChI=1S/C17H21N7OS/c1-2-5-14-13(4-1)18-17(26-14)23-9-7-22(8-10-23)12-15-19-20-21-24(15)16-6-3-11-25-16/h1-2,4-5,16H,3,6-12H2. The van der Waals surface area contributed by atoms with Gasteiger partial charge in [0.2, 0.25) is 0 Å². The van der Waals surface area contributed by atoms with Crippen molar-refractivity contribution in [3.63, 3.8) is 0 Å². The lowest BCUT2D eigenvalue weighted by Gasteiger charge is -2.34. The molecule has 0 N–H and O–H groups in total. The van der Waals surface area contributed by atoms with Crippen molar-refractivity contribution in [3.8, 4) is 0 Å². The second-order valence-electron chi connectivity index (χ2n) is 6.73. The van der Waals surface area contributed by atoms with Crippen LogP contribution in [0.25, 0.3) is 10.2 Å². The molecule has 0 saturated carbocycles. The predicted octanol–water partition coefficient (Wildman–Crippen LogP) is 1.91. The molecule has 26 heavy (non-hydrogen) atoms. The van der Waals surface area contributed by atoms with Crippen LogP contribution in [0.2, 0.25) is 0 Å². The molecule has 4 heterocycles. The molecule has 3 aromatic rings. The van der Waals surface area contributed by atoms with Crippen molar-refractivity contribution in [2.45, 2.75) is 25.6 Å². The van der Waals surface area contributed by atoms with E-state index in [2.05, 4.69) is 43.5 Å². The van der Waals surface area contributed by atoms with Crippen LogP contribution in [0.1, 0.15) is 24.9 Å².